The zero-order chi connectivity index (χ0) is 21.2. The van der Waals surface area contributed by atoms with Crippen LogP contribution in [0.2, 0.25) is 0 Å². The van der Waals surface area contributed by atoms with Gasteiger partial charge >= 0.3 is 6.09 Å². The van der Waals surface area contributed by atoms with Crippen LogP contribution in [0.5, 0.6) is 0 Å². The summed E-state index contributed by atoms with van der Waals surface area (Å²) in [6.07, 6.45) is 0.400. The number of carbonyl (C=O) groups is 2. The lowest BCUT2D eigenvalue weighted by atomic mass is 10.1. The van der Waals surface area contributed by atoms with Crippen LogP contribution in [0.15, 0.2) is 29.3 Å². The SMILES string of the molecule is CN=C(NCCc1cccc(C(=O)NC)c1)NCCN(C)C(=O)OC(C)(C)C.I. The molecule has 0 heterocycles. The molecule has 0 unspecified atom stereocenters. The molecule has 0 aliphatic rings. The number of amides is 2. The van der Waals surface area contributed by atoms with E-state index in [0.29, 0.717) is 31.2 Å². The maximum atomic E-state index is 11.9. The number of guanidine groups is 1. The van der Waals surface area contributed by atoms with Crippen LogP contribution in [0, 0.1) is 0 Å². The summed E-state index contributed by atoms with van der Waals surface area (Å²) in [5.74, 6) is 0.557. The fourth-order valence-electron chi connectivity index (χ4n) is 2.33. The Labute approximate surface area is 190 Å². The van der Waals surface area contributed by atoms with E-state index < -0.39 is 5.60 Å². The van der Waals surface area contributed by atoms with E-state index in [2.05, 4.69) is 20.9 Å². The fourth-order valence-corrected chi connectivity index (χ4v) is 2.33. The van der Waals surface area contributed by atoms with Gasteiger partial charge < -0.3 is 25.6 Å². The van der Waals surface area contributed by atoms with Crippen molar-refractivity contribution in [2.45, 2.75) is 32.8 Å². The van der Waals surface area contributed by atoms with E-state index in [1.165, 1.54) is 4.90 Å². The molecule has 9 heteroatoms. The molecule has 29 heavy (non-hydrogen) atoms. The molecule has 0 aliphatic heterocycles. The molecule has 8 nitrogen and oxygen atoms in total. The Balaban J connectivity index is 0.00000784. The van der Waals surface area contributed by atoms with Crippen molar-refractivity contribution in [3.05, 3.63) is 35.4 Å². The molecule has 1 aromatic carbocycles. The maximum absolute atomic E-state index is 11.9. The van der Waals surface area contributed by atoms with Crippen LogP contribution in [0.3, 0.4) is 0 Å². The van der Waals surface area contributed by atoms with E-state index in [-0.39, 0.29) is 36.0 Å². The second-order valence-electron chi connectivity index (χ2n) is 7.36. The van der Waals surface area contributed by atoms with Gasteiger partial charge in [-0.1, -0.05) is 12.1 Å². The lowest BCUT2D eigenvalue weighted by Gasteiger charge is -2.24. The zero-order valence-electron chi connectivity index (χ0n) is 18.2. The molecule has 0 aromatic heterocycles. The van der Waals surface area contributed by atoms with Crippen LogP contribution in [0.1, 0.15) is 36.7 Å². The Morgan fingerprint density at radius 2 is 1.83 bits per heavy atom. The Morgan fingerprint density at radius 3 is 2.41 bits per heavy atom. The van der Waals surface area contributed by atoms with Gasteiger partial charge in [-0.05, 0) is 44.9 Å². The molecule has 3 N–H and O–H groups in total. The van der Waals surface area contributed by atoms with Gasteiger partial charge in [0.15, 0.2) is 5.96 Å². The predicted octanol–water partition coefficient (Wildman–Crippen LogP) is 2.24. The van der Waals surface area contributed by atoms with E-state index in [4.69, 9.17) is 4.74 Å². The lowest BCUT2D eigenvalue weighted by Crippen LogP contribution is -2.43. The van der Waals surface area contributed by atoms with Crippen LogP contribution >= 0.6 is 24.0 Å². The molecule has 1 rings (SSSR count). The Morgan fingerprint density at radius 1 is 1.17 bits per heavy atom. The highest BCUT2D eigenvalue weighted by molar-refractivity contribution is 14.0. The molecule has 1 aromatic rings. The van der Waals surface area contributed by atoms with Crippen LogP contribution in [-0.2, 0) is 11.2 Å². The van der Waals surface area contributed by atoms with Crippen molar-refractivity contribution in [1.82, 2.24) is 20.9 Å². The number of carbonyl (C=O) groups excluding carboxylic acids is 2. The van der Waals surface area contributed by atoms with Crippen LogP contribution < -0.4 is 16.0 Å². The number of halogens is 1. The van der Waals surface area contributed by atoms with Gasteiger partial charge in [-0.25, -0.2) is 4.79 Å². The van der Waals surface area contributed by atoms with Crippen molar-refractivity contribution >= 4 is 41.9 Å². The number of nitrogens with zero attached hydrogens (tertiary/aromatic N) is 2. The largest absolute Gasteiger partial charge is 0.444 e. The van der Waals surface area contributed by atoms with Gasteiger partial charge in [-0.3, -0.25) is 9.79 Å². The van der Waals surface area contributed by atoms with E-state index in [1.807, 2.05) is 39.0 Å². The van der Waals surface area contributed by atoms with Crippen molar-refractivity contribution in [2.75, 3.05) is 40.8 Å². The summed E-state index contributed by atoms with van der Waals surface area (Å²) < 4.78 is 5.32. The molecule has 2 amide bonds. The van der Waals surface area contributed by atoms with Gasteiger partial charge in [0.2, 0.25) is 0 Å². The number of likely N-dealkylation sites (N-methyl/N-ethyl adjacent to an activating group) is 1. The average molecular weight is 519 g/mol. The van der Waals surface area contributed by atoms with Crippen molar-refractivity contribution in [1.29, 1.82) is 0 Å². The summed E-state index contributed by atoms with van der Waals surface area (Å²) in [5.41, 5.74) is 1.20. The molecule has 0 radical (unpaired) electrons. The number of benzene rings is 1. The second-order valence-corrected chi connectivity index (χ2v) is 7.36. The van der Waals surface area contributed by atoms with Gasteiger partial charge in [0, 0.05) is 46.3 Å². The number of nitrogens with one attached hydrogen (secondary N) is 3. The Hall–Kier alpha value is -2.04. The highest BCUT2D eigenvalue weighted by atomic mass is 127. The van der Waals surface area contributed by atoms with E-state index in [9.17, 15) is 9.59 Å². The number of ether oxygens (including phenoxy) is 1. The first-order valence-electron chi connectivity index (χ1n) is 9.36. The first-order valence-corrected chi connectivity index (χ1v) is 9.36. The number of aliphatic imine (C=N–C) groups is 1. The number of rotatable bonds is 7. The highest BCUT2D eigenvalue weighted by Crippen LogP contribution is 2.08. The van der Waals surface area contributed by atoms with Gasteiger partial charge in [-0.2, -0.15) is 0 Å². The third kappa shape index (κ3) is 10.9. The summed E-state index contributed by atoms with van der Waals surface area (Å²) in [4.78, 5) is 29.3. The number of hydrogen-bond donors (Lipinski definition) is 3. The fraction of sp³-hybridized carbons (Fsp3) is 0.550. The molecular formula is C20H34IN5O3. The molecule has 0 saturated carbocycles. The monoisotopic (exact) mass is 519 g/mol. The maximum Gasteiger partial charge on any atom is 0.410 e. The predicted molar refractivity (Wildman–Crippen MR) is 127 cm³/mol. The summed E-state index contributed by atoms with van der Waals surface area (Å²) in [6, 6.07) is 7.53. The van der Waals surface area contributed by atoms with Crippen molar-refractivity contribution in [2.24, 2.45) is 4.99 Å². The quantitative estimate of drug-likeness (QED) is 0.292. The molecular weight excluding hydrogens is 485 g/mol. The topological polar surface area (TPSA) is 95.1 Å². The first-order chi connectivity index (χ1) is 13.2. The van der Waals surface area contributed by atoms with Crippen LogP contribution in [-0.4, -0.2) is 69.2 Å². The van der Waals surface area contributed by atoms with E-state index in [1.54, 1.807) is 27.2 Å². The summed E-state index contributed by atoms with van der Waals surface area (Å²) in [5, 5.41) is 9.02. The van der Waals surface area contributed by atoms with Gasteiger partial charge in [0.1, 0.15) is 5.60 Å². The summed E-state index contributed by atoms with van der Waals surface area (Å²) >= 11 is 0. The van der Waals surface area contributed by atoms with Gasteiger partial charge in [-0.15, -0.1) is 24.0 Å². The first kappa shape index (κ1) is 27.0. The molecule has 0 spiro atoms. The molecule has 0 aliphatic carbocycles. The van der Waals surface area contributed by atoms with Crippen molar-refractivity contribution < 1.29 is 14.3 Å². The number of hydrogen-bond acceptors (Lipinski definition) is 4. The minimum absolute atomic E-state index is 0. The Bertz CT molecular complexity index is 689. The van der Waals surface area contributed by atoms with E-state index in [0.717, 1.165) is 12.0 Å². The smallest absolute Gasteiger partial charge is 0.410 e. The standard InChI is InChI=1S/C20H33N5O3.HI/c1-20(2,3)28-19(27)25(6)13-12-24-18(22-5)23-11-10-15-8-7-9-16(14-15)17(26)21-4;/h7-9,14H,10-13H2,1-6H3,(H,21,26)(H2,22,23,24);1H. The zero-order valence-corrected chi connectivity index (χ0v) is 20.5. The van der Waals surface area contributed by atoms with E-state index >= 15 is 0 Å². The molecule has 0 bridgehead atoms. The average Bonchev–Trinajstić information content (AvgIpc) is 2.64. The normalized spacial score (nSPS) is 11.2. The third-order valence-electron chi connectivity index (χ3n) is 3.79. The van der Waals surface area contributed by atoms with Crippen molar-refractivity contribution in [3.8, 4) is 0 Å². The van der Waals surface area contributed by atoms with Gasteiger partial charge in [0.25, 0.3) is 5.91 Å². The Kier molecular flexibility index (Phi) is 12.3. The molecule has 0 atom stereocenters. The lowest BCUT2D eigenvalue weighted by molar-refractivity contribution is 0.0302. The minimum Gasteiger partial charge on any atom is -0.444 e. The highest BCUT2D eigenvalue weighted by Gasteiger charge is 2.19. The molecule has 0 fully saturated rings. The van der Waals surface area contributed by atoms with Crippen LogP contribution in [0.25, 0.3) is 0 Å². The summed E-state index contributed by atoms with van der Waals surface area (Å²) in [6.45, 7) is 7.22. The molecule has 164 valence electrons. The third-order valence-corrected chi connectivity index (χ3v) is 3.79. The minimum atomic E-state index is -0.508. The summed E-state index contributed by atoms with van der Waals surface area (Å²) in [7, 11) is 5.01. The second kappa shape index (κ2) is 13.2. The van der Waals surface area contributed by atoms with Crippen molar-refractivity contribution in [3.63, 3.8) is 0 Å². The molecule has 0 saturated heterocycles. The van der Waals surface area contributed by atoms with Crippen LogP contribution in [0.4, 0.5) is 4.79 Å². The van der Waals surface area contributed by atoms with Gasteiger partial charge in [0.05, 0.1) is 0 Å².